The lowest BCUT2D eigenvalue weighted by atomic mass is 10.3. The van der Waals surface area contributed by atoms with E-state index in [9.17, 15) is 14.0 Å². The first-order chi connectivity index (χ1) is 6.45. The van der Waals surface area contributed by atoms with Gasteiger partial charge in [-0.25, -0.2) is 0 Å². The molecule has 4 nitrogen and oxygen atoms in total. The number of hydrogen-bond donors (Lipinski definition) is 0. The molecule has 0 aliphatic rings. The molecule has 0 fully saturated rings. The van der Waals surface area contributed by atoms with E-state index in [2.05, 4.69) is 6.72 Å². The van der Waals surface area contributed by atoms with Crippen LogP contribution >= 0.6 is 23.2 Å². The molecular weight excluding hydrogens is 249 g/mol. The van der Waals surface area contributed by atoms with E-state index in [1.807, 2.05) is 0 Å². The number of rotatable bonds is 2. The third-order valence-electron chi connectivity index (χ3n) is 1.46. The van der Waals surface area contributed by atoms with Gasteiger partial charge in [0.05, 0.1) is 9.92 Å². The van der Waals surface area contributed by atoms with Gasteiger partial charge in [-0.1, -0.05) is 23.2 Å². The van der Waals surface area contributed by atoms with Crippen LogP contribution in [0.1, 0.15) is 0 Å². The van der Waals surface area contributed by atoms with Crippen LogP contribution in [0.25, 0.3) is 0 Å². The van der Waals surface area contributed by atoms with Gasteiger partial charge in [0.25, 0.3) is 0 Å². The van der Waals surface area contributed by atoms with Gasteiger partial charge < -0.3 is 9.76 Å². The molecule has 0 aromatic heterocycles. The third-order valence-corrected chi connectivity index (χ3v) is 3.14. The molecule has 0 bridgehead atoms. The minimum Gasteiger partial charge on any atom is -0.768 e. The molecule has 0 N–H and O–H groups in total. The van der Waals surface area contributed by atoms with Gasteiger partial charge >= 0.3 is 0 Å². The zero-order valence-electron chi connectivity index (χ0n) is 6.70. The lowest BCUT2D eigenvalue weighted by molar-refractivity contribution is -0.349. The van der Waals surface area contributed by atoms with Gasteiger partial charge in [0.2, 0.25) is 5.69 Å². The standard InChI is InChI=1S/C7H5Cl2NO3S/c1-10(11)5-3-2-4(8)7(6(5)9)14(12)13/h2-3H,1H2,(H,12,13)/p-1. The van der Waals surface area contributed by atoms with Gasteiger partial charge in [-0.05, 0) is 17.1 Å². The van der Waals surface area contributed by atoms with E-state index in [-0.39, 0.29) is 25.4 Å². The summed E-state index contributed by atoms with van der Waals surface area (Å²) in [5.41, 5.74) is -0.0460. The van der Waals surface area contributed by atoms with E-state index in [0.717, 1.165) is 0 Å². The van der Waals surface area contributed by atoms with Gasteiger partial charge in [0, 0.05) is 6.07 Å². The Hall–Kier alpha value is -0.620. The van der Waals surface area contributed by atoms with Crippen LogP contribution in [0.4, 0.5) is 5.69 Å². The first kappa shape index (κ1) is 11.5. The second-order valence-electron chi connectivity index (χ2n) is 2.32. The molecule has 1 aromatic carbocycles. The van der Waals surface area contributed by atoms with Crippen LogP contribution in [0, 0.1) is 5.21 Å². The second kappa shape index (κ2) is 4.27. The van der Waals surface area contributed by atoms with Crippen molar-refractivity contribution in [1.82, 2.24) is 0 Å². The normalized spacial score (nSPS) is 12.5. The molecule has 0 heterocycles. The van der Waals surface area contributed by atoms with E-state index >= 15 is 0 Å². The first-order valence-corrected chi connectivity index (χ1v) is 5.13. The summed E-state index contributed by atoms with van der Waals surface area (Å²) in [7, 11) is 0. The maximum Gasteiger partial charge on any atom is 0.236 e. The predicted octanol–water partition coefficient (Wildman–Crippen LogP) is 2.07. The van der Waals surface area contributed by atoms with Crippen molar-refractivity contribution in [2.24, 2.45) is 0 Å². The molecule has 1 rings (SSSR count). The summed E-state index contributed by atoms with van der Waals surface area (Å²) in [6, 6.07) is 2.56. The van der Waals surface area contributed by atoms with Crippen LogP contribution in [0.3, 0.4) is 0 Å². The van der Waals surface area contributed by atoms with E-state index in [4.69, 9.17) is 23.2 Å². The Morgan fingerprint density at radius 1 is 1.43 bits per heavy atom. The number of nitrogens with zero attached hydrogens (tertiary/aromatic N) is 1. The molecule has 0 amide bonds. The van der Waals surface area contributed by atoms with Crippen molar-refractivity contribution < 1.29 is 13.5 Å². The Kier molecular flexibility index (Phi) is 3.49. The molecule has 0 saturated heterocycles. The largest absolute Gasteiger partial charge is 0.768 e. The highest BCUT2D eigenvalue weighted by molar-refractivity contribution is 7.79. The van der Waals surface area contributed by atoms with E-state index < -0.39 is 11.1 Å². The minimum atomic E-state index is -2.59. The summed E-state index contributed by atoms with van der Waals surface area (Å²) in [5, 5.41) is 10.6. The molecule has 1 unspecified atom stereocenters. The highest BCUT2D eigenvalue weighted by Crippen LogP contribution is 2.34. The van der Waals surface area contributed by atoms with Gasteiger partial charge in [-0.3, -0.25) is 4.21 Å². The van der Waals surface area contributed by atoms with Crippen molar-refractivity contribution in [3.63, 3.8) is 0 Å². The predicted molar refractivity (Wildman–Crippen MR) is 54.1 cm³/mol. The van der Waals surface area contributed by atoms with Crippen molar-refractivity contribution in [2.45, 2.75) is 4.90 Å². The Balaban J connectivity index is 3.49. The average molecular weight is 253 g/mol. The maximum absolute atomic E-state index is 10.8. The molecule has 14 heavy (non-hydrogen) atoms. The highest BCUT2D eigenvalue weighted by Gasteiger charge is 2.15. The number of benzene rings is 1. The molecule has 0 saturated carbocycles. The summed E-state index contributed by atoms with van der Waals surface area (Å²) < 4.78 is 21.6. The molecule has 7 heteroatoms. The van der Waals surface area contributed by atoms with E-state index in [0.29, 0.717) is 0 Å². The molecule has 0 aliphatic carbocycles. The van der Waals surface area contributed by atoms with Gasteiger partial charge in [0.1, 0.15) is 11.7 Å². The first-order valence-electron chi connectivity index (χ1n) is 3.30. The molecule has 0 radical (unpaired) electrons. The summed E-state index contributed by atoms with van der Waals surface area (Å²) in [5.74, 6) is 0. The topological polar surface area (TPSA) is 66.2 Å². The van der Waals surface area contributed by atoms with Crippen LogP contribution in [0.5, 0.6) is 0 Å². The fourth-order valence-electron chi connectivity index (χ4n) is 0.868. The fraction of sp³-hybridized carbons (Fsp3) is 0. The van der Waals surface area contributed by atoms with Gasteiger partial charge in [0.15, 0.2) is 0 Å². The summed E-state index contributed by atoms with van der Waals surface area (Å²) in [6.07, 6.45) is 0. The lowest BCUT2D eigenvalue weighted by Crippen LogP contribution is -1.97. The Morgan fingerprint density at radius 3 is 2.43 bits per heavy atom. The molecule has 0 aliphatic heterocycles. The second-order valence-corrected chi connectivity index (χ2v) is 3.99. The Bertz CT molecular complexity index is 422. The van der Waals surface area contributed by atoms with E-state index in [1.54, 1.807) is 0 Å². The minimum absolute atomic E-state index is 0.0334. The molecule has 0 spiro atoms. The lowest BCUT2D eigenvalue weighted by Gasteiger charge is -2.11. The summed E-state index contributed by atoms with van der Waals surface area (Å²) >= 11 is 8.64. The Labute approximate surface area is 92.6 Å². The molecule has 1 aromatic rings. The summed E-state index contributed by atoms with van der Waals surface area (Å²) in [4.78, 5) is -0.296. The van der Waals surface area contributed by atoms with Crippen LogP contribution in [0.15, 0.2) is 17.0 Å². The van der Waals surface area contributed by atoms with Crippen LogP contribution in [-0.2, 0) is 11.1 Å². The van der Waals surface area contributed by atoms with Crippen molar-refractivity contribution >= 4 is 46.7 Å². The van der Waals surface area contributed by atoms with Crippen LogP contribution in [0.2, 0.25) is 10.0 Å². The monoisotopic (exact) mass is 252 g/mol. The van der Waals surface area contributed by atoms with E-state index in [1.165, 1.54) is 12.1 Å². The molecule has 76 valence electrons. The average Bonchev–Trinajstić information content (AvgIpc) is 2.02. The van der Waals surface area contributed by atoms with Gasteiger partial charge in [-0.2, -0.15) is 4.74 Å². The quantitative estimate of drug-likeness (QED) is 0.266. The summed E-state index contributed by atoms with van der Waals surface area (Å²) in [6.45, 7) is 3.05. The van der Waals surface area contributed by atoms with Crippen molar-refractivity contribution in [2.75, 3.05) is 0 Å². The molecule has 1 atom stereocenters. The van der Waals surface area contributed by atoms with Crippen molar-refractivity contribution in [3.8, 4) is 0 Å². The van der Waals surface area contributed by atoms with Crippen molar-refractivity contribution in [1.29, 1.82) is 0 Å². The van der Waals surface area contributed by atoms with Crippen molar-refractivity contribution in [3.05, 3.63) is 27.4 Å². The highest BCUT2D eigenvalue weighted by atomic mass is 35.5. The molecular formula is C7H4Cl2NO3S-. The van der Waals surface area contributed by atoms with Crippen LogP contribution < -0.4 is 0 Å². The number of halogens is 2. The SMILES string of the molecule is C=[N+]([O-])c1ccc(Cl)c(S(=O)[O-])c1Cl. The Morgan fingerprint density at radius 2 is 2.00 bits per heavy atom. The maximum atomic E-state index is 10.8. The zero-order valence-corrected chi connectivity index (χ0v) is 9.03. The number of hydrogen-bond acceptors (Lipinski definition) is 3. The third kappa shape index (κ3) is 2.06. The fourth-order valence-corrected chi connectivity index (χ4v) is 2.19. The van der Waals surface area contributed by atoms with Crippen LogP contribution in [-0.4, -0.2) is 20.2 Å². The van der Waals surface area contributed by atoms with Gasteiger partial charge in [-0.15, -0.1) is 0 Å². The smallest absolute Gasteiger partial charge is 0.236 e. The zero-order chi connectivity index (χ0) is 10.9.